The second kappa shape index (κ2) is 8.00. The molecular weight excluding hydrogens is 420 g/mol. The molecule has 4 bridgehead atoms. The molecule has 1 amide bonds. The molecule has 5 nitrogen and oxygen atoms in total. The first-order valence-corrected chi connectivity index (χ1v) is 12.6. The monoisotopic (exact) mass is 454 g/mol. The lowest BCUT2D eigenvalue weighted by Crippen LogP contribution is -2.60. The lowest BCUT2D eigenvalue weighted by atomic mass is 9.52. The molecule has 0 spiro atoms. The van der Waals surface area contributed by atoms with Crippen LogP contribution in [0.2, 0.25) is 0 Å². The van der Waals surface area contributed by atoms with Gasteiger partial charge in [0, 0.05) is 44.1 Å². The van der Waals surface area contributed by atoms with E-state index in [9.17, 15) is 4.79 Å². The Labute approximate surface area is 202 Å². The van der Waals surface area contributed by atoms with Crippen molar-refractivity contribution in [3.8, 4) is 22.4 Å². The van der Waals surface area contributed by atoms with Gasteiger partial charge in [-0.2, -0.15) is 0 Å². The summed E-state index contributed by atoms with van der Waals surface area (Å²) in [5.41, 5.74) is 5.41. The fraction of sp³-hybridized carbons (Fsp3) is 0.448. The molecule has 7 rings (SSSR count). The second-order valence-corrected chi connectivity index (χ2v) is 11.2. The molecule has 4 aliphatic rings. The summed E-state index contributed by atoms with van der Waals surface area (Å²) in [5.74, 6) is 2.44. The SMILES string of the molecule is CN(C)c1ccc(-c2cccc(-c3cn(C(=O)N(C)C45CC6CC(CC(C6)C4)C5)cn3)c2)cc1. The summed E-state index contributed by atoms with van der Waals surface area (Å²) in [6.45, 7) is 0. The third-order valence-corrected chi connectivity index (χ3v) is 8.68. The van der Waals surface area contributed by atoms with Gasteiger partial charge in [0.05, 0.1) is 5.69 Å². The van der Waals surface area contributed by atoms with Gasteiger partial charge in [-0.25, -0.2) is 9.78 Å². The zero-order chi connectivity index (χ0) is 23.4. The van der Waals surface area contributed by atoms with Crippen LogP contribution in [0, 0.1) is 17.8 Å². The summed E-state index contributed by atoms with van der Waals surface area (Å²) in [6.07, 6.45) is 11.3. The Morgan fingerprint density at radius 1 is 0.882 bits per heavy atom. The molecule has 5 heteroatoms. The first-order valence-electron chi connectivity index (χ1n) is 12.6. The lowest BCUT2D eigenvalue weighted by Gasteiger charge is -2.59. The van der Waals surface area contributed by atoms with E-state index in [1.165, 1.54) is 49.8 Å². The molecule has 4 aliphatic carbocycles. The summed E-state index contributed by atoms with van der Waals surface area (Å²) >= 11 is 0. The Morgan fingerprint density at radius 2 is 1.50 bits per heavy atom. The molecular formula is C29H34N4O. The van der Waals surface area contributed by atoms with Gasteiger partial charge in [-0.15, -0.1) is 0 Å². The number of carbonyl (C=O) groups is 1. The van der Waals surface area contributed by atoms with Crippen LogP contribution in [-0.2, 0) is 0 Å². The minimum Gasteiger partial charge on any atom is -0.378 e. The average Bonchev–Trinajstić information content (AvgIpc) is 3.33. The van der Waals surface area contributed by atoms with Crippen molar-refractivity contribution in [1.29, 1.82) is 0 Å². The molecule has 4 saturated carbocycles. The van der Waals surface area contributed by atoms with Crippen LogP contribution >= 0.6 is 0 Å². The van der Waals surface area contributed by atoms with Gasteiger partial charge in [0.15, 0.2) is 0 Å². The van der Waals surface area contributed by atoms with Crippen molar-refractivity contribution in [2.24, 2.45) is 17.8 Å². The molecule has 0 unspecified atom stereocenters. The number of anilines is 1. The Balaban J connectivity index is 1.23. The summed E-state index contributed by atoms with van der Waals surface area (Å²) in [5, 5.41) is 0. The first-order chi connectivity index (χ1) is 16.4. The largest absolute Gasteiger partial charge is 0.378 e. The number of rotatable bonds is 4. The maximum absolute atomic E-state index is 13.5. The van der Waals surface area contributed by atoms with Crippen molar-refractivity contribution >= 4 is 11.7 Å². The highest BCUT2D eigenvalue weighted by Crippen LogP contribution is 2.57. The zero-order valence-corrected chi connectivity index (χ0v) is 20.4. The number of imidazole rings is 1. The first kappa shape index (κ1) is 21.5. The van der Waals surface area contributed by atoms with Gasteiger partial charge in [-0.3, -0.25) is 4.57 Å². The number of nitrogens with zero attached hydrogens (tertiary/aromatic N) is 4. The highest BCUT2D eigenvalue weighted by molar-refractivity contribution is 5.79. The molecule has 1 aromatic heterocycles. The standard InChI is InChI=1S/C29H34N4O/c1-31(2)26-9-7-23(8-10-26)24-5-4-6-25(14-24)27-18-33(19-30-27)28(34)32(3)29-15-20-11-21(16-29)13-22(12-20)17-29/h4-10,14,18-22H,11-13,15-17H2,1-3H3. The molecule has 34 heavy (non-hydrogen) atoms. The molecule has 0 saturated heterocycles. The van der Waals surface area contributed by atoms with Gasteiger partial charge < -0.3 is 9.80 Å². The Hall–Kier alpha value is -3.08. The summed E-state index contributed by atoms with van der Waals surface area (Å²) in [7, 11) is 6.12. The molecule has 2 aromatic carbocycles. The highest BCUT2D eigenvalue weighted by Gasteiger charge is 2.54. The van der Waals surface area contributed by atoms with E-state index in [4.69, 9.17) is 0 Å². The van der Waals surface area contributed by atoms with Crippen LogP contribution in [0.4, 0.5) is 10.5 Å². The predicted octanol–water partition coefficient (Wildman–Crippen LogP) is 6.15. The number of benzene rings is 2. The fourth-order valence-electron chi connectivity index (χ4n) is 7.24. The van der Waals surface area contributed by atoms with Crippen LogP contribution in [0.15, 0.2) is 61.1 Å². The van der Waals surface area contributed by atoms with Crippen molar-refractivity contribution in [2.75, 3.05) is 26.0 Å². The Kier molecular flexibility index (Phi) is 5.05. The lowest BCUT2D eigenvalue weighted by molar-refractivity contribution is -0.0620. The van der Waals surface area contributed by atoms with Crippen LogP contribution in [0.25, 0.3) is 22.4 Å². The molecule has 1 heterocycles. The van der Waals surface area contributed by atoms with Crippen LogP contribution in [0.1, 0.15) is 38.5 Å². The smallest absolute Gasteiger partial charge is 0.329 e. The van der Waals surface area contributed by atoms with Crippen LogP contribution < -0.4 is 4.90 Å². The number of amides is 1. The van der Waals surface area contributed by atoms with E-state index in [0.29, 0.717) is 0 Å². The van der Waals surface area contributed by atoms with Gasteiger partial charge >= 0.3 is 6.03 Å². The summed E-state index contributed by atoms with van der Waals surface area (Å²) < 4.78 is 1.69. The van der Waals surface area contributed by atoms with E-state index < -0.39 is 0 Å². The average molecular weight is 455 g/mol. The summed E-state index contributed by atoms with van der Waals surface area (Å²) in [6, 6.07) is 17.0. The zero-order valence-electron chi connectivity index (χ0n) is 20.4. The third-order valence-electron chi connectivity index (χ3n) is 8.68. The number of hydrogen-bond donors (Lipinski definition) is 0. The summed E-state index contributed by atoms with van der Waals surface area (Å²) in [4.78, 5) is 22.3. The quantitative estimate of drug-likeness (QED) is 0.475. The van der Waals surface area contributed by atoms with E-state index in [1.807, 2.05) is 27.3 Å². The van der Waals surface area contributed by atoms with Gasteiger partial charge in [0.2, 0.25) is 0 Å². The van der Waals surface area contributed by atoms with E-state index in [1.54, 1.807) is 10.9 Å². The Bertz CT molecular complexity index is 1170. The molecule has 4 fully saturated rings. The molecule has 176 valence electrons. The topological polar surface area (TPSA) is 41.4 Å². The molecule has 0 atom stereocenters. The van der Waals surface area contributed by atoms with E-state index in [2.05, 4.69) is 63.3 Å². The van der Waals surface area contributed by atoms with Gasteiger partial charge in [-0.1, -0.05) is 30.3 Å². The van der Waals surface area contributed by atoms with Crippen molar-refractivity contribution in [2.45, 2.75) is 44.1 Å². The predicted molar refractivity (Wildman–Crippen MR) is 137 cm³/mol. The minimum atomic E-state index is 0.0505. The number of carbonyl (C=O) groups excluding carboxylic acids is 1. The molecule has 0 radical (unpaired) electrons. The van der Waals surface area contributed by atoms with Gasteiger partial charge in [0.25, 0.3) is 0 Å². The molecule has 0 aliphatic heterocycles. The van der Waals surface area contributed by atoms with Crippen LogP contribution in [-0.4, -0.2) is 47.2 Å². The third kappa shape index (κ3) is 3.62. The van der Waals surface area contributed by atoms with E-state index >= 15 is 0 Å². The van der Waals surface area contributed by atoms with Crippen molar-refractivity contribution in [3.63, 3.8) is 0 Å². The normalized spacial score (nSPS) is 27.1. The van der Waals surface area contributed by atoms with E-state index in [-0.39, 0.29) is 11.6 Å². The van der Waals surface area contributed by atoms with Gasteiger partial charge in [0.1, 0.15) is 6.33 Å². The van der Waals surface area contributed by atoms with Crippen molar-refractivity contribution < 1.29 is 4.79 Å². The minimum absolute atomic E-state index is 0.0505. The Morgan fingerprint density at radius 3 is 2.12 bits per heavy atom. The molecule has 3 aromatic rings. The van der Waals surface area contributed by atoms with Crippen LogP contribution in [0.3, 0.4) is 0 Å². The van der Waals surface area contributed by atoms with Crippen molar-refractivity contribution in [1.82, 2.24) is 14.5 Å². The number of aromatic nitrogens is 2. The maximum Gasteiger partial charge on any atom is 0.329 e. The second-order valence-electron chi connectivity index (χ2n) is 11.2. The van der Waals surface area contributed by atoms with E-state index in [0.717, 1.165) is 34.6 Å². The highest BCUT2D eigenvalue weighted by atomic mass is 16.2. The molecule has 0 N–H and O–H groups in total. The fourth-order valence-corrected chi connectivity index (χ4v) is 7.24. The maximum atomic E-state index is 13.5. The number of hydrogen-bond acceptors (Lipinski definition) is 3. The van der Waals surface area contributed by atoms with Crippen LogP contribution in [0.5, 0.6) is 0 Å². The van der Waals surface area contributed by atoms with Crippen molar-refractivity contribution in [3.05, 3.63) is 61.1 Å². The van der Waals surface area contributed by atoms with Gasteiger partial charge in [-0.05, 0) is 85.6 Å².